The fourth-order valence-corrected chi connectivity index (χ4v) is 0.927. The first-order valence-corrected chi connectivity index (χ1v) is 3.45. The molecular weight excluding hydrogens is 193 g/mol. The van der Waals surface area contributed by atoms with Gasteiger partial charge >= 0.3 is 29.6 Å². The summed E-state index contributed by atoms with van der Waals surface area (Å²) in [5.74, 6) is 0. The molecule has 0 bridgehead atoms. The molecule has 1 N–H and O–H groups in total. The Labute approximate surface area is 97.7 Å². The van der Waals surface area contributed by atoms with E-state index in [2.05, 4.69) is 4.98 Å². The molecule has 0 amide bonds. The summed E-state index contributed by atoms with van der Waals surface area (Å²) in [7, 11) is 0. The van der Waals surface area contributed by atoms with Crippen LogP contribution in [0.2, 0.25) is 5.02 Å². The van der Waals surface area contributed by atoms with Gasteiger partial charge < -0.3 is 17.7 Å². The first-order valence-electron chi connectivity index (χ1n) is 2.67. The van der Waals surface area contributed by atoms with Crippen molar-refractivity contribution in [2.24, 2.45) is 0 Å². The second-order valence-electron chi connectivity index (χ2n) is 1.73. The third-order valence-corrected chi connectivity index (χ3v) is 1.95. The van der Waals surface area contributed by atoms with Crippen LogP contribution >= 0.6 is 11.6 Å². The van der Waals surface area contributed by atoms with E-state index in [4.69, 9.17) is 29.3 Å². The van der Waals surface area contributed by atoms with Crippen molar-refractivity contribution >= 4 is 24.2 Å². The van der Waals surface area contributed by atoms with Crippen LogP contribution in [0.15, 0.2) is 17.2 Å². The molecule has 2 nitrogen and oxygen atoms in total. The van der Waals surface area contributed by atoms with E-state index in [-0.39, 0.29) is 36.2 Å². The smallest absolute Gasteiger partial charge is 0.778 e. The van der Waals surface area contributed by atoms with E-state index >= 15 is 0 Å². The van der Waals surface area contributed by atoms with E-state index in [9.17, 15) is 0 Å². The zero-order valence-corrected chi connectivity index (χ0v) is 9.61. The Morgan fingerprint density at radius 1 is 1.64 bits per heavy atom. The molecule has 0 aromatic carbocycles. The van der Waals surface area contributed by atoms with Crippen LogP contribution in [0, 0.1) is 0 Å². The number of aromatic nitrogens is 1. The normalized spacial score (nSPS) is 8.91. The molecule has 0 radical (unpaired) electrons. The quantitative estimate of drug-likeness (QED) is 0.424. The van der Waals surface area contributed by atoms with Gasteiger partial charge in [-0.1, -0.05) is 17.7 Å². The second kappa shape index (κ2) is 5.30. The maximum Gasteiger partial charge on any atom is 1.00 e. The number of aliphatic hydroxyl groups excluding tert-OH is 1. The van der Waals surface area contributed by atoms with Gasteiger partial charge in [0.1, 0.15) is 0 Å². The Morgan fingerprint density at radius 3 is 2.73 bits per heavy atom. The minimum absolute atomic E-state index is 0. The number of hydrogen-bond acceptors (Lipinski definition) is 3. The number of hydrogen-bond donors (Lipinski definition) is 1. The number of halogens is 1. The molecule has 0 aliphatic carbocycles. The van der Waals surface area contributed by atoms with Crippen LogP contribution in [-0.2, 0) is 19.2 Å². The van der Waals surface area contributed by atoms with Gasteiger partial charge in [-0.15, -0.1) is 0 Å². The Hall–Kier alpha value is 0.620. The van der Waals surface area contributed by atoms with Crippen molar-refractivity contribution in [3.63, 3.8) is 0 Å². The van der Waals surface area contributed by atoms with E-state index < -0.39 is 0 Å². The number of rotatable bonds is 1. The number of aliphatic hydroxyl groups is 1. The van der Waals surface area contributed by atoms with E-state index in [0.717, 1.165) is 0 Å². The molecule has 0 atom stereocenters. The molecular formula is C6H5ClNNaOS. The van der Waals surface area contributed by atoms with Crippen LogP contribution in [0.1, 0.15) is 5.69 Å². The summed E-state index contributed by atoms with van der Waals surface area (Å²) in [5.41, 5.74) is 0.439. The van der Waals surface area contributed by atoms with Gasteiger partial charge in [0, 0.05) is 11.2 Å². The van der Waals surface area contributed by atoms with Crippen molar-refractivity contribution in [1.29, 1.82) is 0 Å². The fourth-order valence-electron chi connectivity index (χ4n) is 0.577. The molecule has 5 heteroatoms. The number of nitrogens with zero attached hydrogens (tertiary/aromatic N) is 1. The van der Waals surface area contributed by atoms with E-state index in [1.54, 1.807) is 6.07 Å². The summed E-state index contributed by atoms with van der Waals surface area (Å²) < 4.78 is 0. The largest absolute Gasteiger partial charge is 1.00 e. The van der Waals surface area contributed by atoms with E-state index in [1.807, 2.05) is 0 Å². The van der Waals surface area contributed by atoms with Gasteiger partial charge in [0.2, 0.25) is 0 Å². The summed E-state index contributed by atoms with van der Waals surface area (Å²) in [6.07, 6.45) is 1.53. The predicted molar refractivity (Wildman–Crippen MR) is 40.8 cm³/mol. The molecule has 0 aliphatic heterocycles. The minimum Gasteiger partial charge on any atom is -0.778 e. The van der Waals surface area contributed by atoms with Gasteiger partial charge in [-0.2, -0.15) is 4.90 Å². The summed E-state index contributed by atoms with van der Waals surface area (Å²) >= 11 is 10.5. The summed E-state index contributed by atoms with van der Waals surface area (Å²) in [5, 5.41) is 9.02. The molecule has 0 aliphatic rings. The maximum atomic E-state index is 8.65. The van der Waals surface area contributed by atoms with Gasteiger partial charge in [-0.25, -0.2) is 0 Å². The zero-order chi connectivity index (χ0) is 7.56. The summed E-state index contributed by atoms with van der Waals surface area (Å²) in [6.45, 7) is -0.163. The molecule has 0 spiro atoms. The molecule has 0 unspecified atom stereocenters. The first kappa shape index (κ1) is 11.6. The molecule has 11 heavy (non-hydrogen) atoms. The van der Waals surface area contributed by atoms with Crippen molar-refractivity contribution in [2.75, 3.05) is 0 Å². The van der Waals surface area contributed by atoms with Gasteiger partial charge in [0.25, 0.3) is 0 Å². The second-order valence-corrected chi connectivity index (χ2v) is 2.55. The van der Waals surface area contributed by atoms with Gasteiger partial charge in [0.05, 0.1) is 12.3 Å². The summed E-state index contributed by atoms with van der Waals surface area (Å²) in [6, 6.07) is 1.62. The molecule has 54 valence electrons. The van der Waals surface area contributed by atoms with Crippen molar-refractivity contribution in [2.45, 2.75) is 11.5 Å². The van der Waals surface area contributed by atoms with Crippen LogP contribution in [0.4, 0.5) is 0 Å². The first-order chi connectivity index (χ1) is 4.75. The van der Waals surface area contributed by atoms with E-state index in [1.165, 1.54) is 6.20 Å². The Morgan fingerprint density at radius 2 is 2.27 bits per heavy atom. The van der Waals surface area contributed by atoms with Crippen LogP contribution in [-0.4, -0.2) is 10.1 Å². The Balaban J connectivity index is 0.000001000. The average Bonchev–Trinajstić information content (AvgIpc) is 1.95. The molecule has 1 aromatic rings. The SMILES string of the molecule is OCc1nccc([S-])c1Cl.[Na+]. The number of pyridine rings is 1. The topological polar surface area (TPSA) is 33.1 Å². The molecule has 0 fully saturated rings. The van der Waals surface area contributed by atoms with Crippen molar-refractivity contribution in [1.82, 2.24) is 4.98 Å². The third kappa shape index (κ3) is 2.86. The molecule has 0 saturated heterocycles. The minimum atomic E-state index is -0.163. The standard InChI is InChI=1S/C6H6ClNOS.Na/c7-6-4(3-9)8-2-1-5(6)10;/h1-2,9H,3H2,(H,8,10);/q;+1/p-1. The van der Waals surface area contributed by atoms with Crippen LogP contribution in [0.5, 0.6) is 0 Å². The third-order valence-electron chi connectivity index (χ3n) is 1.08. The zero-order valence-electron chi connectivity index (χ0n) is 6.04. The van der Waals surface area contributed by atoms with Crippen molar-refractivity contribution in [3.05, 3.63) is 23.0 Å². The molecule has 1 rings (SSSR count). The van der Waals surface area contributed by atoms with E-state index in [0.29, 0.717) is 15.6 Å². The van der Waals surface area contributed by atoms with Crippen molar-refractivity contribution < 1.29 is 34.7 Å². The monoisotopic (exact) mass is 197 g/mol. The van der Waals surface area contributed by atoms with Crippen LogP contribution < -0.4 is 29.6 Å². The Kier molecular flexibility index (Phi) is 5.60. The molecule has 0 saturated carbocycles. The van der Waals surface area contributed by atoms with Crippen molar-refractivity contribution in [3.8, 4) is 0 Å². The maximum absolute atomic E-state index is 8.65. The fraction of sp³-hybridized carbons (Fsp3) is 0.167. The average molecular weight is 198 g/mol. The molecule has 1 heterocycles. The van der Waals surface area contributed by atoms with Crippen LogP contribution in [0.3, 0.4) is 0 Å². The van der Waals surface area contributed by atoms with Gasteiger partial charge in [-0.3, -0.25) is 4.98 Å². The summed E-state index contributed by atoms with van der Waals surface area (Å²) in [4.78, 5) is 4.34. The van der Waals surface area contributed by atoms with Gasteiger partial charge in [0.15, 0.2) is 0 Å². The van der Waals surface area contributed by atoms with Gasteiger partial charge in [-0.05, 0) is 0 Å². The van der Waals surface area contributed by atoms with Crippen LogP contribution in [0.25, 0.3) is 0 Å². The predicted octanol–water partition coefficient (Wildman–Crippen LogP) is -1.86. The molecule has 1 aromatic heterocycles. The Bertz CT molecular complexity index is 246.